The predicted octanol–water partition coefficient (Wildman–Crippen LogP) is 3.68. The number of carbonyl (C=O) groups excluding carboxylic acids is 1. The van der Waals surface area contributed by atoms with Crippen molar-refractivity contribution in [1.82, 2.24) is 4.90 Å². The molecule has 1 aliphatic rings. The smallest absolute Gasteiger partial charge is 0.230 e. The third-order valence-corrected chi connectivity index (χ3v) is 5.04. The highest BCUT2D eigenvalue weighted by atomic mass is 16.5. The van der Waals surface area contributed by atoms with Crippen molar-refractivity contribution in [1.29, 1.82) is 0 Å². The Labute approximate surface area is 156 Å². The van der Waals surface area contributed by atoms with E-state index in [1.165, 1.54) is 11.3 Å². The lowest BCUT2D eigenvalue weighted by Crippen LogP contribution is -2.37. The first kappa shape index (κ1) is 18.5. The second kappa shape index (κ2) is 8.86. The minimum absolute atomic E-state index is 0.0863. The van der Waals surface area contributed by atoms with E-state index in [0.29, 0.717) is 6.54 Å². The molecule has 0 N–H and O–H groups in total. The number of rotatable bonds is 6. The summed E-state index contributed by atoms with van der Waals surface area (Å²) in [5, 5.41) is 0. The molecule has 1 saturated heterocycles. The monoisotopic (exact) mass is 352 g/mol. The SMILES string of the molecule is CC[C@@H](C(=O)N(C)Cc1ccccc1N1CCOCC1)c1ccccc1. The lowest BCUT2D eigenvalue weighted by molar-refractivity contribution is -0.132. The maximum Gasteiger partial charge on any atom is 0.230 e. The van der Waals surface area contributed by atoms with E-state index in [0.717, 1.165) is 38.3 Å². The van der Waals surface area contributed by atoms with Gasteiger partial charge < -0.3 is 14.5 Å². The van der Waals surface area contributed by atoms with Crippen LogP contribution in [0, 0.1) is 0 Å². The van der Waals surface area contributed by atoms with Gasteiger partial charge in [-0.2, -0.15) is 0 Å². The second-order valence-electron chi connectivity index (χ2n) is 6.79. The summed E-state index contributed by atoms with van der Waals surface area (Å²) in [6.07, 6.45) is 0.804. The van der Waals surface area contributed by atoms with Crippen molar-refractivity contribution in [2.45, 2.75) is 25.8 Å². The molecule has 26 heavy (non-hydrogen) atoms. The molecular formula is C22H28N2O2. The van der Waals surface area contributed by atoms with Gasteiger partial charge in [-0.05, 0) is 23.6 Å². The van der Waals surface area contributed by atoms with Crippen LogP contribution in [-0.4, -0.2) is 44.2 Å². The van der Waals surface area contributed by atoms with Gasteiger partial charge in [-0.25, -0.2) is 0 Å². The van der Waals surface area contributed by atoms with Gasteiger partial charge in [-0.1, -0.05) is 55.5 Å². The number of benzene rings is 2. The first-order valence-corrected chi connectivity index (χ1v) is 9.41. The molecule has 4 heteroatoms. The maximum atomic E-state index is 13.1. The summed E-state index contributed by atoms with van der Waals surface area (Å²) >= 11 is 0. The molecule has 1 amide bonds. The zero-order chi connectivity index (χ0) is 18.4. The van der Waals surface area contributed by atoms with Crippen LogP contribution in [0.15, 0.2) is 54.6 Å². The topological polar surface area (TPSA) is 32.8 Å². The minimum atomic E-state index is -0.0863. The van der Waals surface area contributed by atoms with Gasteiger partial charge in [0.05, 0.1) is 19.1 Å². The molecule has 3 rings (SSSR count). The van der Waals surface area contributed by atoms with E-state index in [1.54, 1.807) is 0 Å². The molecule has 2 aromatic carbocycles. The summed E-state index contributed by atoms with van der Waals surface area (Å²) in [4.78, 5) is 17.3. The van der Waals surface area contributed by atoms with Crippen LogP contribution in [0.1, 0.15) is 30.4 Å². The van der Waals surface area contributed by atoms with Crippen LogP contribution in [0.25, 0.3) is 0 Å². The largest absolute Gasteiger partial charge is 0.378 e. The fourth-order valence-electron chi connectivity index (χ4n) is 3.59. The van der Waals surface area contributed by atoms with Crippen LogP contribution in [0.5, 0.6) is 0 Å². The number of amides is 1. The summed E-state index contributed by atoms with van der Waals surface area (Å²) in [6.45, 7) is 6.01. The van der Waals surface area contributed by atoms with Gasteiger partial charge in [-0.15, -0.1) is 0 Å². The molecule has 1 fully saturated rings. The van der Waals surface area contributed by atoms with Crippen LogP contribution in [0.4, 0.5) is 5.69 Å². The molecule has 0 unspecified atom stereocenters. The maximum absolute atomic E-state index is 13.1. The molecule has 0 radical (unpaired) electrons. The molecule has 2 aromatic rings. The van der Waals surface area contributed by atoms with Crippen molar-refractivity contribution in [2.75, 3.05) is 38.3 Å². The zero-order valence-electron chi connectivity index (χ0n) is 15.7. The summed E-state index contributed by atoms with van der Waals surface area (Å²) in [5.41, 5.74) is 3.49. The van der Waals surface area contributed by atoms with E-state index in [4.69, 9.17) is 4.74 Å². The Balaban J connectivity index is 1.75. The molecule has 0 bridgehead atoms. The zero-order valence-corrected chi connectivity index (χ0v) is 15.7. The van der Waals surface area contributed by atoms with E-state index >= 15 is 0 Å². The Bertz CT molecular complexity index is 711. The van der Waals surface area contributed by atoms with Gasteiger partial charge in [0.2, 0.25) is 5.91 Å². The number of hydrogen-bond acceptors (Lipinski definition) is 3. The molecule has 0 aromatic heterocycles. The van der Waals surface area contributed by atoms with Crippen molar-refractivity contribution in [3.63, 3.8) is 0 Å². The first-order chi connectivity index (χ1) is 12.7. The van der Waals surface area contributed by atoms with Crippen molar-refractivity contribution < 1.29 is 9.53 Å². The van der Waals surface area contributed by atoms with Gasteiger partial charge in [0.25, 0.3) is 0 Å². The summed E-state index contributed by atoms with van der Waals surface area (Å²) < 4.78 is 5.47. The predicted molar refractivity (Wildman–Crippen MR) is 105 cm³/mol. The highest BCUT2D eigenvalue weighted by Gasteiger charge is 2.23. The Morgan fingerprint density at radius 3 is 2.42 bits per heavy atom. The fourth-order valence-corrected chi connectivity index (χ4v) is 3.59. The van der Waals surface area contributed by atoms with Gasteiger partial charge in [0.1, 0.15) is 0 Å². The Morgan fingerprint density at radius 2 is 1.73 bits per heavy atom. The highest BCUT2D eigenvalue weighted by molar-refractivity contribution is 5.83. The van der Waals surface area contributed by atoms with Gasteiger partial charge in [0, 0.05) is 32.4 Å². The summed E-state index contributed by atoms with van der Waals surface area (Å²) in [5.74, 6) is 0.0900. The number of carbonyl (C=O) groups is 1. The first-order valence-electron chi connectivity index (χ1n) is 9.41. The average Bonchev–Trinajstić information content (AvgIpc) is 2.70. The van der Waals surface area contributed by atoms with E-state index < -0.39 is 0 Å². The lowest BCUT2D eigenvalue weighted by atomic mass is 9.95. The Hall–Kier alpha value is -2.33. The fraction of sp³-hybridized carbons (Fsp3) is 0.409. The van der Waals surface area contributed by atoms with E-state index in [1.807, 2.05) is 48.3 Å². The number of likely N-dealkylation sites (N-methyl/N-ethyl adjacent to an activating group) is 1. The molecule has 4 nitrogen and oxygen atoms in total. The van der Waals surface area contributed by atoms with E-state index in [-0.39, 0.29) is 11.8 Å². The molecule has 1 atom stereocenters. The average molecular weight is 352 g/mol. The van der Waals surface area contributed by atoms with Gasteiger partial charge in [0.15, 0.2) is 0 Å². The lowest BCUT2D eigenvalue weighted by Gasteiger charge is -2.32. The van der Waals surface area contributed by atoms with Crippen molar-refractivity contribution >= 4 is 11.6 Å². The number of para-hydroxylation sites is 1. The van der Waals surface area contributed by atoms with Crippen LogP contribution < -0.4 is 4.90 Å². The standard InChI is InChI=1S/C22H28N2O2/c1-3-20(18-9-5-4-6-10-18)22(25)23(2)17-19-11-7-8-12-21(19)24-13-15-26-16-14-24/h4-12,20H,3,13-17H2,1-2H3/t20-/m1/s1. The number of morpholine rings is 1. The quantitative estimate of drug-likeness (QED) is 0.795. The summed E-state index contributed by atoms with van der Waals surface area (Å²) in [6, 6.07) is 18.5. The van der Waals surface area contributed by atoms with E-state index in [9.17, 15) is 4.79 Å². The molecule has 1 heterocycles. The number of ether oxygens (including phenoxy) is 1. The Morgan fingerprint density at radius 1 is 1.08 bits per heavy atom. The van der Waals surface area contributed by atoms with Crippen LogP contribution in [-0.2, 0) is 16.1 Å². The third kappa shape index (κ3) is 4.25. The van der Waals surface area contributed by atoms with Gasteiger partial charge in [-0.3, -0.25) is 4.79 Å². The molecule has 1 aliphatic heterocycles. The molecule has 0 saturated carbocycles. The number of hydrogen-bond donors (Lipinski definition) is 0. The van der Waals surface area contributed by atoms with Crippen molar-refractivity contribution in [3.05, 3.63) is 65.7 Å². The van der Waals surface area contributed by atoms with Crippen molar-refractivity contribution in [2.24, 2.45) is 0 Å². The van der Waals surface area contributed by atoms with Crippen molar-refractivity contribution in [3.8, 4) is 0 Å². The minimum Gasteiger partial charge on any atom is -0.378 e. The van der Waals surface area contributed by atoms with Crippen LogP contribution >= 0.6 is 0 Å². The third-order valence-electron chi connectivity index (χ3n) is 5.04. The van der Waals surface area contributed by atoms with Gasteiger partial charge >= 0.3 is 0 Å². The second-order valence-corrected chi connectivity index (χ2v) is 6.79. The highest BCUT2D eigenvalue weighted by Crippen LogP contribution is 2.26. The van der Waals surface area contributed by atoms with E-state index in [2.05, 4.69) is 30.0 Å². The Kier molecular flexibility index (Phi) is 6.29. The van der Waals surface area contributed by atoms with Crippen LogP contribution in [0.3, 0.4) is 0 Å². The molecule has 0 aliphatic carbocycles. The molecule has 0 spiro atoms. The summed E-state index contributed by atoms with van der Waals surface area (Å²) in [7, 11) is 1.91. The molecule has 138 valence electrons. The number of anilines is 1. The number of nitrogens with zero attached hydrogens (tertiary/aromatic N) is 2. The normalized spacial score (nSPS) is 15.5. The van der Waals surface area contributed by atoms with Crippen LogP contribution in [0.2, 0.25) is 0 Å². The molecular weight excluding hydrogens is 324 g/mol.